The van der Waals surface area contributed by atoms with Crippen molar-refractivity contribution >= 4 is 29.9 Å². The number of benzene rings is 1. The smallest absolute Gasteiger partial charge is 0.287 e. The molecule has 1 aromatic carbocycles. The summed E-state index contributed by atoms with van der Waals surface area (Å²) in [5, 5.41) is 3.35. The van der Waals surface area contributed by atoms with E-state index >= 15 is 0 Å². The molecule has 114 valence electrons. The van der Waals surface area contributed by atoms with Crippen molar-refractivity contribution in [3.63, 3.8) is 0 Å². The standard InChI is InChI=1S/C15H17ClN2O2.ClH/c1-10(17)8-9-18-15(19)14-7-6-13(20-14)11-4-2-3-5-12(11)16;/h2-7,10H,8-9,17H2,1H3,(H,18,19);1H. The Morgan fingerprint density at radius 3 is 2.71 bits per heavy atom. The minimum Gasteiger partial charge on any atom is -0.451 e. The number of carbonyl (C=O) groups excluding carboxylic acids is 1. The van der Waals surface area contributed by atoms with Gasteiger partial charge in [0.2, 0.25) is 0 Å². The number of carbonyl (C=O) groups is 1. The Bertz CT molecular complexity index is 597. The van der Waals surface area contributed by atoms with E-state index in [1.165, 1.54) is 0 Å². The first kappa shape index (κ1) is 17.6. The number of nitrogens with one attached hydrogen (secondary N) is 1. The van der Waals surface area contributed by atoms with Gasteiger partial charge < -0.3 is 15.5 Å². The molecule has 1 heterocycles. The van der Waals surface area contributed by atoms with Crippen LogP contribution in [0.25, 0.3) is 11.3 Å². The molecule has 0 bridgehead atoms. The van der Waals surface area contributed by atoms with Gasteiger partial charge in [-0.3, -0.25) is 4.79 Å². The minimum absolute atomic E-state index is 0. The van der Waals surface area contributed by atoms with Gasteiger partial charge in [0.05, 0.1) is 5.02 Å². The quantitative estimate of drug-likeness (QED) is 0.882. The minimum atomic E-state index is -0.246. The maximum atomic E-state index is 11.9. The molecule has 6 heteroatoms. The molecule has 1 unspecified atom stereocenters. The van der Waals surface area contributed by atoms with E-state index in [-0.39, 0.29) is 30.1 Å². The number of hydrogen-bond donors (Lipinski definition) is 2. The molecule has 21 heavy (non-hydrogen) atoms. The van der Waals surface area contributed by atoms with Gasteiger partial charge in [-0.1, -0.05) is 23.7 Å². The van der Waals surface area contributed by atoms with Gasteiger partial charge in [-0.25, -0.2) is 0 Å². The summed E-state index contributed by atoms with van der Waals surface area (Å²) in [6.45, 7) is 2.42. The number of furan rings is 1. The number of halogens is 2. The molecule has 4 nitrogen and oxygen atoms in total. The molecule has 0 aliphatic carbocycles. The van der Waals surface area contributed by atoms with Crippen molar-refractivity contribution in [3.05, 3.63) is 47.2 Å². The second-order valence-corrected chi connectivity index (χ2v) is 5.07. The molecule has 2 aromatic rings. The van der Waals surface area contributed by atoms with Crippen molar-refractivity contribution in [2.75, 3.05) is 6.54 Å². The lowest BCUT2D eigenvalue weighted by Gasteiger charge is -2.05. The fourth-order valence-corrected chi connectivity index (χ4v) is 2.00. The zero-order valence-corrected chi connectivity index (χ0v) is 13.2. The van der Waals surface area contributed by atoms with Crippen molar-refractivity contribution in [1.29, 1.82) is 0 Å². The Kier molecular flexibility index (Phi) is 6.75. The van der Waals surface area contributed by atoms with Crippen LogP contribution in [0.3, 0.4) is 0 Å². The van der Waals surface area contributed by atoms with Crippen LogP contribution in [0.2, 0.25) is 5.02 Å². The number of nitrogens with two attached hydrogens (primary N) is 1. The first-order valence-electron chi connectivity index (χ1n) is 6.46. The van der Waals surface area contributed by atoms with Crippen LogP contribution in [0, 0.1) is 0 Å². The largest absolute Gasteiger partial charge is 0.451 e. The molecule has 0 aliphatic heterocycles. The van der Waals surface area contributed by atoms with Gasteiger partial charge in [-0.15, -0.1) is 12.4 Å². The molecule has 0 saturated carbocycles. The van der Waals surface area contributed by atoms with Crippen molar-refractivity contribution < 1.29 is 9.21 Å². The zero-order chi connectivity index (χ0) is 14.5. The van der Waals surface area contributed by atoms with Gasteiger partial charge in [-0.2, -0.15) is 0 Å². The normalized spacial score (nSPS) is 11.6. The summed E-state index contributed by atoms with van der Waals surface area (Å²) in [7, 11) is 0. The van der Waals surface area contributed by atoms with Crippen molar-refractivity contribution in [2.24, 2.45) is 5.73 Å². The summed E-state index contributed by atoms with van der Waals surface area (Å²) < 4.78 is 5.54. The maximum Gasteiger partial charge on any atom is 0.287 e. The monoisotopic (exact) mass is 328 g/mol. The molecule has 3 N–H and O–H groups in total. The highest BCUT2D eigenvalue weighted by molar-refractivity contribution is 6.33. The van der Waals surface area contributed by atoms with E-state index in [1.807, 2.05) is 25.1 Å². The maximum absolute atomic E-state index is 11.9. The molecule has 2 rings (SSSR count). The van der Waals surface area contributed by atoms with Crippen LogP contribution < -0.4 is 11.1 Å². The van der Waals surface area contributed by atoms with E-state index in [1.54, 1.807) is 18.2 Å². The topological polar surface area (TPSA) is 68.3 Å². The van der Waals surface area contributed by atoms with Gasteiger partial charge in [0.1, 0.15) is 5.76 Å². The Labute approximate surface area is 135 Å². The van der Waals surface area contributed by atoms with Gasteiger partial charge in [-0.05, 0) is 37.6 Å². The molecule has 1 amide bonds. The third-order valence-electron chi connectivity index (χ3n) is 2.85. The van der Waals surface area contributed by atoms with Gasteiger partial charge in [0, 0.05) is 18.2 Å². The lowest BCUT2D eigenvalue weighted by atomic mass is 10.2. The second-order valence-electron chi connectivity index (χ2n) is 4.67. The highest BCUT2D eigenvalue weighted by Crippen LogP contribution is 2.28. The molecule has 1 aromatic heterocycles. The Balaban J connectivity index is 0.00000220. The van der Waals surface area contributed by atoms with Crippen LogP contribution in [-0.2, 0) is 0 Å². The molecule has 0 saturated heterocycles. The molecule has 0 fully saturated rings. The first-order valence-corrected chi connectivity index (χ1v) is 6.84. The Morgan fingerprint density at radius 2 is 2.05 bits per heavy atom. The van der Waals surface area contributed by atoms with Crippen LogP contribution in [0.15, 0.2) is 40.8 Å². The van der Waals surface area contributed by atoms with Crippen LogP contribution >= 0.6 is 24.0 Å². The summed E-state index contributed by atoms with van der Waals surface area (Å²) >= 11 is 6.09. The average Bonchev–Trinajstić information content (AvgIpc) is 2.88. The highest BCUT2D eigenvalue weighted by Gasteiger charge is 2.13. The fraction of sp³-hybridized carbons (Fsp3) is 0.267. The van der Waals surface area contributed by atoms with E-state index in [0.29, 0.717) is 17.3 Å². The third kappa shape index (κ3) is 4.77. The third-order valence-corrected chi connectivity index (χ3v) is 3.18. The summed E-state index contributed by atoms with van der Waals surface area (Å²) in [5.41, 5.74) is 6.39. The van der Waals surface area contributed by atoms with Gasteiger partial charge >= 0.3 is 0 Å². The van der Waals surface area contributed by atoms with Crippen LogP contribution in [-0.4, -0.2) is 18.5 Å². The molecule has 0 aliphatic rings. The van der Waals surface area contributed by atoms with E-state index in [9.17, 15) is 4.79 Å². The Hall–Kier alpha value is -1.49. The summed E-state index contributed by atoms with van der Waals surface area (Å²) in [6.07, 6.45) is 0.726. The average molecular weight is 329 g/mol. The first-order chi connectivity index (χ1) is 9.58. The van der Waals surface area contributed by atoms with Crippen molar-refractivity contribution in [2.45, 2.75) is 19.4 Å². The number of amides is 1. The SMILES string of the molecule is CC(N)CCNC(=O)c1ccc(-c2ccccc2Cl)o1.Cl. The summed E-state index contributed by atoms with van der Waals surface area (Å²) in [4.78, 5) is 11.9. The molecular weight excluding hydrogens is 311 g/mol. The molecule has 0 radical (unpaired) electrons. The van der Waals surface area contributed by atoms with E-state index in [4.69, 9.17) is 21.8 Å². The number of hydrogen-bond acceptors (Lipinski definition) is 3. The molecular formula is C15H18Cl2N2O2. The highest BCUT2D eigenvalue weighted by atomic mass is 35.5. The van der Waals surface area contributed by atoms with E-state index < -0.39 is 0 Å². The van der Waals surface area contributed by atoms with Crippen LogP contribution in [0.5, 0.6) is 0 Å². The van der Waals surface area contributed by atoms with Crippen LogP contribution in [0.4, 0.5) is 0 Å². The lowest BCUT2D eigenvalue weighted by Crippen LogP contribution is -2.28. The molecule has 1 atom stereocenters. The van der Waals surface area contributed by atoms with Gasteiger partial charge in [0.25, 0.3) is 5.91 Å². The molecule has 0 spiro atoms. The van der Waals surface area contributed by atoms with E-state index in [2.05, 4.69) is 5.32 Å². The van der Waals surface area contributed by atoms with Crippen molar-refractivity contribution in [1.82, 2.24) is 5.32 Å². The summed E-state index contributed by atoms with van der Waals surface area (Å²) in [6, 6.07) is 10.8. The lowest BCUT2D eigenvalue weighted by molar-refractivity contribution is 0.0926. The Morgan fingerprint density at radius 1 is 1.33 bits per heavy atom. The summed E-state index contributed by atoms with van der Waals surface area (Å²) in [5.74, 6) is 0.599. The fourth-order valence-electron chi connectivity index (χ4n) is 1.77. The van der Waals surface area contributed by atoms with Crippen molar-refractivity contribution in [3.8, 4) is 11.3 Å². The second kappa shape index (κ2) is 8.08. The number of rotatable bonds is 5. The van der Waals surface area contributed by atoms with E-state index in [0.717, 1.165) is 12.0 Å². The van der Waals surface area contributed by atoms with Crippen LogP contribution in [0.1, 0.15) is 23.9 Å². The predicted molar refractivity (Wildman–Crippen MR) is 87.0 cm³/mol. The predicted octanol–water partition coefficient (Wildman–Crippen LogP) is 3.49. The zero-order valence-electron chi connectivity index (χ0n) is 11.6. The van der Waals surface area contributed by atoms with Gasteiger partial charge in [0.15, 0.2) is 5.76 Å².